The molecule has 5 nitrogen and oxygen atoms in total. The molecule has 6 heteroatoms. The zero-order valence-electron chi connectivity index (χ0n) is 11.7. The Morgan fingerprint density at radius 1 is 1.19 bits per heavy atom. The van der Waals surface area contributed by atoms with Crippen molar-refractivity contribution in [2.45, 2.75) is 38.0 Å². The van der Waals surface area contributed by atoms with E-state index in [-0.39, 0.29) is 0 Å². The van der Waals surface area contributed by atoms with E-state index in [1.54, 1.807) is 11.3 Å². The highest BCUT2D eigenvalue weighted by Crippen LogP contribution is 2.35. The molecule has 1 saturated carbocycles. The molecule has 0 bridgehead atoms. The highest BCUT2D eigenvalue weighted by atomic mass is 32.1. The van der Waals surface area contributed by atoms with E-state index in [4.69, 9.17) is 5.73 Å². The van der Waals surface area contributed by atoms with E-state index in [1.807, 2.05) is 22.7 Å². The van der Waals surface area contributed by atoms with Gasteiger partial charge in [-0.25, -0.2) is 0 Å². The Morgan fingerprint density at radius 2 is 2.05 bits per heavy atom. The van der Waals surface area contributed by atoms with Gasteiger partial charge in [0.05, 0.1) is 0 Å². The maximum absolute atomic E-state index is 5.98. The van der Waals surface area contributed by atoms with E-state index in [9.17, 15) is 0 Å². The third-order valence-corrected chi connectivity index (χ3v) is 5.15. The fraction of sp³-hybridized carbons (Fsp3) is 0.400. The highest BCUT2D eigenvalue weighted by Gasteiger charge is 2.26. The lowest BCUT2D eigenvalue weighted by molar-refractivity contribution is 0.395. The van der Waals surface area contributed by atoms with Crippen LogP contribution in [0.25, 0.3) is 4.96 Å². The van der Waals surface area contributed by atoms with Crippen LogP contribution < -0.4 is 5.73 Å². The molecule has 0 radical (unpaired) electrons. The van der Waals surface area contributed by atoms with Gasteiger partial charge in [0.1, 0.15) is 5.01 Å². The van der Waals surface area contributed by atoms with Gasteiger partial charge in [0.15, 0.2) is 5.82 Å². The van der Waals surface area contributed by atoms with Crippen LogP contribution in [-0.4, -0.2) is 19.8 Å². The number of aromatic nitrogens is 4. The lowest BCUT2D eigenvalue weighted by atomic mass is 9.85. The van der Waals surface area contributed by atoms with Gasteiger partial charge < -0.3 is 5.73 Å². The molecule has 0 spiro atoms. The standard InChI is InChI=1S/C15H17N5S/c16-12-7-2-1-4-10(12)8-9-13-19-20-14(11-5-3-6-11)17-18-15(20)21-13/h1-2,4,7,11H,3,5-6,8-9,16H2. The number of anilines is 1. The van der Waals surface area contributed by atoms with Crippen LogP contribution in [0.5, 0.6) is 0 Å². The summed E-state index contributed by atoms with van der Waals surface area (Å²) < 4.78 is 1.94. The molecule has 3 aromatic rings. The van der Waals surface area contributed by atoms with E-state index < -0.39 is 0 Å². The van der Waals surface area contributed by atoms with Gasteiger partial charge >= 0.3 is 0 Å². The number of hydrogen-bond acceptors (Lipinski definition) is 5. The third kappa shape index (κ3) is 2.29. The molecule has 1 aromatic carbocycles. The second-order valence-electron chi connectivity index (χ2n) is 5.58. The van der Waals surface area contributed by atoms with Crippen LogP contribution in [0.15, 0.2) is 24.3 Å². The van der Waals surface area contributed by atoms with Gasteiger partial charge in [0.2, 0.25) is 4.96 Å². The molecular weight excluding hydrogens is 282 g/mol. The summed E-state index contributed by atoms with van der Waals surface area (Å²) in [6.45, 7) is 0. The van der Waals surface area contributed by atoms with Crippen LogP contribution in [-0.2, 0) is 12.8 Å². The minimum Gasteiger partial charge on any atom is -0.399 e. The molecule has 2 aromatic heterocycles. The van der Waals surface area contributed by atoms with Crippen molar-refractivity contribution in [2.24, 2.45) is 0 Å². The average Bonchev–Trinajstić information content (AvgIpc) is 2.98. The predicted octanol–water partition coefficient (Wildman–Crippen LogP) is 2.82. The van der Waals surface area contributed by atoms with E-state index in [2.05, 4.69) is 21.4 Å². The lowest BCUT2D eigenvalue weighted by Crippen LogP contribution is -2.13. The van der Waals surface area contributed by atoms with Gasteiger partial charge in [-0.2, -0.15) is 9.61 Å². The Hall–Kier alpha value is -1.95. The normalized spacial score (nSPS) is 15.4. The number of para-hydroxylation sites is 1. The zero-order valence-corrected chi connectivity index (χ0v) is 12.5. The largest absolute Gasteiger partial charge is 0.399 e. The van der Waals surface area contributed by atoms with E-state index in [1.165, 1.54) is 24.8 Å². The van der Waals surface area contributed by atoms with Crippen molar-refractivity contribution in [1.82, 2.24) is 19.8 Å². The number of nitrogens with zero attached hydrogens (tertiary/aromatic N) is 4. The molecule has 1 aliphatic rings. The smallest absolute Gasteiger partial charge is 0.234 e. The number of nitrogens with two attached hydrogens (primary N) is 1. The topological polar surface area (TPSA) is 69.1 Å². The van der Waals surface area contributed by atoms with Gasteiger partial charge in [-0.1, -0.05) is 36.0 Å². The number of aryl methyl sites for hydroxylation is 2. The van der Waals surface area contributed by atoms with Crippen LogP contribution in [0.4, 0.5) is 5.69 Å². The molecule has 108 valence electrons. The van der Waals surface area contributed by atoms with Gasteiger partial charge in [-0.15, -0.1) is 10.2 Å². The summed E-state index contributed by atoms with van der Waals surface area (Å²) in [5, 5.41) is 14.3. The Morgan fingerprint density at radius 3 is 2.81 bits per heavy atom. The molecule has 0 amide bonds. The Labute approximate surface area is 126 Å². The van der Waals surface area contributed by atoms with Gasteiger partial charge in [0, 0.05) is 18.0 Å². The van der Waals surface area contributed by atoms with E-state index >= 15 is 0 Å². The zero-order chi connectivity index (χ0) is 14.2. The Balaban J connectivity index is 1.54. The fourth-order valence-corrected chi connectivity index (χ4v) is 3.54. The van der Waals surface area contributed by atoms with Crippen molar-refractivity contribution < 1.29 is 0 Å². The number of benzene rings is 1. The Kier molecular flexibility index (Phi) is 3.11. The SMILES string of the molecule is Nc1ccccc1CCc1nn2c(C3CCC3)nnc2s1. The first-order valence-electron chi connectivity index (χ1n) is 7.35. The van der Waals surface area contributed by atoms with Crippen LogP contribution in [0.2, 0.25) is 0 Å². The molecule has 4 rings (SSSR count). The molecule has 2 N–H and O–H groups in total. The first kappa shape index (κ1) is 12.8. The number of hydrogen-bond donors (Lipinski definition) is 1. The maximum Gasteiger partial charge on any atom is 0.234 e. The van der Waals surface area contributed by atoms with Crippen LogP contribution in [0, 0.1) is 0 Å². The quantitative estimate of drug-likeness (QED) is 0.752. The predicted molar refractivity (Wildman–Crippen MR) is 83.5 cm³/mol. The van der Waals surface area contributed by atoms with Crippen molar-refractivity contribution >= 4 is 22.0 Å². The number of rotatable bonds is 4. The van der Waals surface area contributed by atoms with Crippen molar-refractivity contribution in [3.8, 4) is 0 Å². The summed E-state index contributed by atoms with van der Waals surface area (Å²) in [6, 6.07) is 8.02. The van der Waals surface area contributed by atoms with Crippen molar-refractivity contribution in [3.63, 3.8) is 0 Å². The molecule has 1 fully saturated rings. The monoisotopic (exact) mass is 299 g/mol. The summed E-state index contributed by atoms with van der Waals surface area (Å²) in [5.74, 6) is 1.60. The van der Waals surface area contributed by atoms with E-state index in [0.29, 0.717) is 5.92 Å². The molecule has 0 saturated heterocycles. The van der Waals surface area contributed by atoms with Crippen LogP contribution in [0.1, 0.15) is 41.6 Å². The van der Waals surface area contributed by atoms with Gasteiger partial charge in [0.25, 0.3) is 0 Å². The molecular formula is C15H17N5S. The average molecular weight is 299 g/mol. The minimum atomic E-state index is 0.555. The summed E-state index contributed by atoms with van der Waals surface area (Å²) >= 11 is 1.63. The van der Waals surface area contributed by atoms with Crippen molar-refractivity contribution in [1.29, 1.82) is 0 Å². The summed E-state index contributed by atoms with van der Waals surface area (Å²) in [4.78, 5) is 0.910. The fourth-order valence-electron chi connectivity index (χ4n) is 2.70. The van der Waals surface area contributed by atoms with Gasteiger partial charge in [-0.05, 0) is 30.9 Å². The second kappa shape index (κ2) is 5.11. The lowest BCUT2D eigenvalue weighted by Gasteiger charge is -2.22. The first-order valence-corrected chi connectivity index (χ1v) is 8.17. The van der Waals surface area contributed by atoms with Crippen molar-refractivity contribution in [3.05, 3.63) is 40.7 Å². The summed E-state index contributed by atoms with van der Waals surface area (Å²) in [7, 11) is 0. The van der Waals surface area contributed by atoms with E-state index in [0.717, 1.165) is 34.3 Å². The highest BCUT2D eigenvalue weighted by molar-refractivity contribution is 7.16. The van der Waals surface area contributed by atoms with Gasteiger partial charge in [-0.3, -0.25) is 0 Å². The van der Waals surface area contributed by atoms with Crippen LogP contribution >= 0.6 is 11.3 Å². The maximum atomic E-state index is 5.98. The summed E-state index contributed by atoms with van der Waals surface area (Å²) in [5.41, 5.74) is 8.02. The molecule has 21 heavy (non-hydrogen) atoms. The molecule has 0 atom stereocenters. The molecule has 2 heterocycles. The first-order chi connectivity index (χ1) is 10.3. The second-order valence-corrected chi connectivity index (χ2v) is 6.62. The van der Waals surface area contributed by atoms with Crippen LogP contribution in [0.3, 0.4) is 0 Å². The molecule has 0 unspecified atom stereocenters. The third-order valence-electron chi connectivity index (χ3n) is 4.19. The number of fused-ring (bicyclic) bond motifs is 1. The molecule has 1 aliphatic carbocycles. The van der Waals surface area contributed by atoms with Crippen molar-refractivity contribution in [2.75, 3.05) is 5.73 Å². The summed E-state index contributed by atoms with van der Waals surface area (Å²) in [6.07, 6.45) is 5.54. The number of nitrogen functional groups attached to an aromatic ring is 1. The molecule has 0 aliphatic heterocycles. The minimum absolute atomic E-state index is 0.555. The Bertz CT molecular complexity index is 771.